The summed E-state index contributed by atoms with van der Waals surface area (Å²) in [6, 6.07) is 7.93. The molecule has 0 unspecified atom stereocenters. The molecule has 0 saturated heterocycles. The highest BCUT2D eigenvalue weighted by Crippen LogP contribution is 2.30. The van der Waals surface area contributed by atoms with Crippen molar-refractivity contribution in [2.75, 3.05) is 12.9 Å². The fraction of sp³-hybridized carbons (Fsp3) is 0.500. The molecule has 1 aromatic heterocycles. The molecule has 0 radical (unpaired) electrons. The van der Waals surface area contributed by atoms with E-state index < -0.39 is 0 Å². The number of methoxy groups -OCH3 is 1. The van der Waals surface area contributed by atoms with Crippen molar-refractivity contribution in [1.82, 2.24) is 20.1 Å². The quantitative estimate of drug-likeness (QED) is 0.693. The normalized spacial score (nSPS) is 12.0. The van der Waals surface area contributed by atoms with E-state index in [4.69, 9.17) is 4.74 Å². The smallest absolute Gasteiger partial charge is 0.230 e. The highest BCUT2D eigenvalue weighted by Gasteiger charge is 2.17. The Kier molecular flexibility index (Phi) is 7.31. The highest BCUT2D eigenvalue weighted by molar-refractivity contribution is 7.99. The van der Waals surface area contributed by atoms with E-state index >= 15 is 0 Å². The van der Waals surface area contributed by atoms with E-state index in [2.05, 4.69) is 22.4 Å². The van der Waals surface area contributed by atoms with E-state index in [0.717, 1.165) is 41.7 Å². The standard InChI is InChI=1S/C18H26N4O2S/c1-5-9-13(3)19-16(23)12-25-18-21-20-17(22(18)6-2)14-10-7-8-11-15(14)24-4/h7-8,10-11,13H,5-6,9,12H2,1-4H3,(H,19,23)/t13-/m1/s1. The zero-order valence-electron chi connectivity index (χ0n) is 15.3. The number of thioether (sulfide) groups is 1. The molecular weight excluding hydrogens is 336 g/mol. The van der Waals surface area contributed by atoms with Crippen LogP contribution in [0.5, 0.6) is 5.75 Å². The number of amides is 1. The maximum Gasteiger partial charge on any atom is 0.230 e. The molecule has 1 aromatic carbocycles. The van der Waals surface area contributed by atoms with Gasteiger partial charge in [0.1, 0.15) is 5.75 Å². The maximum absolute atomic E-state index is 12.1. The van der Waals surface area contributed by atoms with Crippen LogP contribution < -0.4 is 10.1 Å². The average Bonchev–Trinajstić information content (AvgIpc) is 3.02. The van der Waals surface area contributed by atoms with E-state index in [0.29, 0.717) is 5.75 Å². The summed E-state index contributed by atoms with van der Waals surface area (Å²) in [5.74, 6) is 1.86. The fourth-order valence-corrected chi connectivity index (χ4v) is 3.47. The third-order valence-corrected chi connectivity index (χ3v) is 4.81. The first-order valence-electron chi connectivity index (χ1n) is 8.59. The van der Waals surface area contributed by atoms with Crippen LogP contribution >= 0.6 is 11.8 Å². The van der Waals surface area contributed by atoms with Crippen LogP contribution in [0.3, 0.4) is 0 Å². The Balaban J connectivity index is 2.11. The van der Waals surface area contributed by atoms with Crippen LogP contribution in [0.15, 0.2) is 29.4 Å². The van der Waals surface area contributed by atoms with Crippen molar-refractivity contribution in [2.45, 2.75) is 51.4 Å². The topological polar surface area (TPSA) is 69.0 Å². The summed E-state index contributed by atoms with van der Waals surface area (Å²) in [5.41, 5.74) is 0.896. The lowest BCUT2D eigenvalue weighted by Crippen LogP contribution is -2.33. The largest absolute Gasteiger partial charge is 0.496 e. The average molecular weight is 362 g/mol. The minimum Gasteiger partial charge on any atom is -0.496 e. The molecule has 0 aliphatic rings. The monoisotopic (exact) mass is 362 g/mol. The Labute approximate surface area is 153 Å². The van der Waals surface area contributed by atoms with E-state index in [1.807, 2.05) is 42.7 Å². The van der Waals surface area contributed by atoms with Crippen LogP contribution in [0, 0.1) is 0 Å². The molecule has 0 bridgehead atoms. The number of aromatic nitrogens is 3. The van der Waals surface area contributed by atoms with Gasteiger partial charge in [0, 0.05) is 12.6 Å². The predicted octanol–water partition coefficient (Wildman–Crippen LogP) is 3.37. The molecule has 1 amide bonds. The number of rotatable bonds is 9. The lowest BCUT2D eigenvalue weighted by atomic mass is 10.2. The Morgan fingerprint density at radius 3 is 2.76 bits per heavy atom. The number of carbonyl (C=O) groups is 1. The van der Waals surface area contributed by atoms with Crippen molar-refractivity contribution in [1.29, 1.82) is 0 Å². The summed E-state index contributed by atoms with van der Waals surface area (Å²) in [6.07, 6.45) is 2.04. The van der Waals surface area contributed by atoms with Crippen molar-refractivity contribution < 1.29 is 9.53 Å². The maximum atomic E-state index is 12.1. The Morgan fingerprint density at radius 2 is 2.08 bits per heavy atom. The van der Waals surface area contributed by atoms with Crippen molar-refractivity contribution in [2.24, 2.45) is 0 Å². The summed E-state index contributed by atoms with van der Waals surface area (Å²) in [6.45, 7) is 6.90. The lowest BCUT2D eigenvalue weighted by Gasteiger charge is -2.13. The number of hydrogen-bond donors (Lipinski definition) is 1. The van der Waals surface area contributed by atoms with Gasteiger partial charge in [0.2, 0.25) is 5.91 Å². The zero-order valence-corrected chi connectivity index (χ0v) is 16.1. The number of ether oxygens (including phenoxy) is 1. The molecule has 1 N–H and O–H groups in total. The van der Waals surface area contributed by atoms with E-state index in [-0.39, 0.29) is 11.9 Å². The molecule has 0 spiro atoms. The summed E-state index contributed by atoms with van der Waals surface area (Å²) in [5, 5.41) is 12.3. The molecule has 1 heterocycles. The lowest BCUT2D eigenvalue weighted by molar-refractivity contribution is -0.119. The molecule has 0 saturated carbocycles. The molecule has 2 aromatic rings. The number of nitrogens with zero attached hydrogens (tertiary/aromatic N) is 3. The molecule has 6 nitrogen and oxygen atoms in total. The van der Waals surface area contributed by atoms with Crippen molar-refractivity contribution in [3.05, 3.63) is 24.3 Å². The first-order valence-corrected chi connectivity index (χ1v) is 9.57. The Bertz CT molecular complexity index is 702. The van der Waals surface area contributed by atoms with Gasteiger partial charge in [-0.1, -0.05) is 37.2 Å². The van der Waals surface area contributed by atoms with Crippen LogP contribution in [-0.4, -0.2) is 39.6 Å². The first kappa shape index (κ1) is 19.3. The minimum absolute atomic E-state index is 0.0236. The van der Waals surface area contributed by atoms with Gasteiger partial charge in [-0.05, 0) is 32.4 Å². The molecule has 7 heteroatoms. The number of hydrogen-bond acceptors (Lipinski definition) is 5. The second-order valence-electron chi connectivity index (χ2n) is 5.80. The summed E-state index contributed by atoms with van der Waals surface area (Å²) in [7, 11) is 1.64. The third kappa shape index (κ3) is 4.98. The van der Waals surface area contributed by atoms with Crippen molar-refractivity contribution in [3.8, 4) is 17.1 Å². The number of carbonyl (C=O) groups excluding carboxylic acids is 1. The van der Waals surface area contributed by atoms with Gasteiger partial charge in [-0.3, -0.25) is 4.79 Å². The zero-order chi connectivity index (χ0) is 18.2. The Hall–Kier alpha value is -2.02. The van der Waals surface area contributed by atoms with Gasteiger partial charge in [-0.15, -0.1) is 10.2 Å². The predicted molar refractivity (Wildman–Crippen MR) is 101 cm³/mol. The second kappa shape index (κ2) is 9.46. The third-order valence-electron chi connectivity index (χ3n) is 3.84. The molecule has 25 heavy (non-hydrogen) atoms. The first-order chi connectivity index (χ1) is 12.1. The minimum atomic E-state index is 0.0236. The summed E-state index contributed by atoms with van der Waals surface area (Å²) in [4.78, 5) is 12.1. The SMILES string of the molecule is CCC[C@@H](C)NC(=O)CSc1nnc(-c2ccccc2OC)n1CC. The number of nitrogens with one attached hydrogen (secondary N) is 1. The molecule has 0 fully saturated rings. The summed E-state index contributed by atoms with van der Waals surface area (Å²) < 4.78 is 7.43. The van der Waals surface area contributed by atoms with Gasteiger partial charge in [-0.25, -0.2) is 0 Å². The fourth-order valence-electron chi connectivity index (χ4n) is 2.66. The number of benzene rings is 1. The van der Waals surface area contributed by atoms with Gasteiger partial charge in [-0.2, -0.15) is 0 Å². The van der Waals surface area contributed by atoms with Crippen LogP contribution in [0.25, 0.3) is 11.4 Å². The Morgan fingerprint density at radius 1 is 1.32 bits per heavy atom. The molecule has 1 atom stereocenters. The van der Waals surface area contributed by atoms with Crippen LogP contribution in [0.4, 0.5) is 0 Å². The van der Waals surface area contributed by atoms with Crippen molar-refractivity contribution in [3.63, 3.8) is 0 Å². The van der Waals surface area contributed by atoms with E-state index in [9.17, 15) is 4.79 Å². The van der Waals surface area contributed by atoms with E-state index in [1.165, 1.54) is 11.8 Å². The van der Waals surface area contributed by atoms with Gasteiger partial charge < -0.3 is 14.6 Å². The van der Waals surface area contributed by atoms with Gasteiger partial charge >= 0.3 is 0 Å². The van der Waals surface area contributed by atoms with Crippen molar-refractivity contribution >= 4 is 17.7 Å². The molecule has 136 valence electrons. The number of para-hydroxylation sites is 1. The molecular formula is C18H26N4O2S. The van der Waals surface area contributed by atoms with E-state index in [1.54, 1.807) is 7.11 Å². The van der Waals surface area contributed by atoms with Gasteiger partial charge in [0.15, 0.2) is 11.0 Å². The van der Waals surface area contributed by atoms with Gasteiger partial charge in [0.05, 0.1) is 18.4 Å². The molecule has 0 aliphatic carbocycles. The van der Waals surface area contributed by atoms with Crippen LogP contribution in [0.1, 0.15) is 33.6 Å². The summed E-state index contributed by atoms with van der Waals surface area (Å²) >= 11 is 1.41. The second-order valence-corrected chi connectivity index (χ2v) is 6.74. The van der Waals surface area contributed by atoms with Gasteiger partial charge in [0.25, 0.3) is 0 Å². The molecule has 2 rings (SSSR count). The highest BCUT2D eigenvalue weighted by atomic mass is 32.2. The molecule has 0 aliphatic heterocycles. The van der Waals surface area contributed by atoms with Crippen LogP contribution in [-0.2, 0) is 11.3 Å². The van der Waals surface area contributed by atoms with Crippen LogP contribution in [0.2, 0.25) is 0 Å².